The van der Waals surface area contributed by atoms with Crippen molar-refractivity contribution in [1.29, 1.82) is 0 Å². The SMILES string of the molecule is CCC(CC)N(CCOC)C(=O)C1CCNCC1.Cl. The van der Waals surface area contributed by atoms with Crippen LogP contribution in [-0.4, -0.2) is 50.2 Å². The summed E-state index contributed by atoms with van der Waals surface area (Å²) in [5.41, 5.74) is 0. The zero-order chi connectivity index (χ0) is 13.4. The van der Waals surface area contributed by atoms with Gasteiger partial charge >= 0.3 is 0 Å². The zero-order valence-electron chi connectivity index (χ0n) is 12.5. The van der Waals surface area contributed by atoms with E-state index in [2.05, 4.69) is 24.1 Å². The number of nitrogens with one attached hydrogen (secondary N) is 1. The van der Waals surface area contributed by atoms with Crippen LogP contribution in [0.1, 0.15) is 39.5 Å². The van der Waals surface area contributed by atoms with Crippen molar-refractivity contribution in [2.45, 2.75) is 45.6 Å². The molecule has 1 amide bonds. The van der Waals surface area contributed by atoms with Gasteiger partial charge in [0.1, 0.15) is 0 Å². The molecule has 1 saturated heterocycles. The van der Waals surface area contributed by atoms with Crippen LogP contribution < -0.4 is 5.32 Å². The van der Waals surface area contributed by atoms with Gasteiger partial charge in [0.15, 0.2) is 0 Å². The summed E-state index contributed by atoms with van der Waals surface area (Å²) in [5, 5.41) is 3.31. The molecule has 0 bridgehead atoms. The topological polar surface area (TPSA) is 41.6 Å². The van der Waals surface area contributed by atoms with Gasteiger partial charge in [0.25, 0.3) is 0 Å². The molecule has 0 spiro atoms. The van der Waals surface area contributed by atoms with Gasteiger partial charge < -0.3 is 15.0 Å². The van der Waals surface area contributed by atoms with Crippen LogP contribution in [0, 0.1) is 5.92 Å². The van der Waals surface area contributed by atoms with Crippen molar-refractivity contribution >= 4 is 18.3 Å². The molecule has 0 aromatic heterocycles. The fraction of sp³-hybridized carbons (Fsp3) is 0.929. The number of carbonyl (C=O) groups excluding carboxylic acids is 1. The number of hydrogen-bond acceptors (Lipinski definition) is 3. The number of halogens is 1. The lowest BCUT2D eigenvalue weighted by atomic mass is 9.95. The number of nitrogens with zero attached hydrogens (tertiary/aromatic N) is 1. The Bertz CT molecular complexity index is 242. The molecule has 0 unspecified atom stereocenters. The molecule has 4 nitrogen and oxygen atoms in total. The van der Waals surface area contributed by atoms with Gasteiger partial charge in [-0.1, -0.05) is 13.8 Å². The van der Waals surface area contributed by atoms with Gasteiger partial charge in [0.2, 0.25) is 5.91 Å². The fourth-order valence-electron chi connectivity index (χ4n) is 2.70. The van der Waals surface area contributed by atoms with Crippen LogP contribution in [-0.2, 0) is 9.53 Å². The number of rotatable bonds is 7. The quantitative estimate of drug-likeness (QED) is 0.781. The van der Waals surface area contributed by atoms with Crippen LogP contribution in [0.25, 0.3) is 0 Å². The van der Waals surface area contributed by atoms with E-state index >= 15 is 0 Å². The van der Waals surface area contributed by atoms with E-state index in [1.165, 1.54) is 0 Å². The van der Waals surface area contributed by atoms with Crippen molar-refractivity contribution in [3.05, 3.63) is 0 Å². The van der Waals surface area contributed by atoms with E-state index in [-0.39, 0.29) is 18.3 Å². The van der Waals surface area contributed by atoms with E-state index in [0.29, 0.717) is 18.6 Å². The third kappa shape index (κ3) is 5.67. The molecule has 0 aromatic rings. The molecule has 114 valence electrons. The number of hydrogen-bond donors (Lipinski definition) is 1. The van der Waals surface area contributed by atoms with Gasteiger partial charge in [-0.3, -0.25) is 4.79 Å². The maximum Gasteiger partial charge on any atom is 0.226 e. The Morgan fingerprint density at radius 1 is 1.32 bits per heavy atom. The summed E-state index contributed by atoms with van der Waals surface area (Å²) in [7, 11) is 1.69. The molecule has 5 heteroatoms. The largest absolute Gasteiger partial charge is 0.383 e. The Kier molecular flexibility index (Phi) is 10.3. The minimum Gasteiger partial charge on any atom is -0.383 e. The van der Waals surface area contributed by atoms with Gasteiger partial charge in [0, 0.05) is 25.6 Å². The smallest absolute Gasteiger partial charge is 0.226 e. The Hall–Kier alpha value is -0.320. The highest BCUT2D eigenvalue weighted by Gasteiger charge is 2.28. The zero-order valence-corrected chi connectivity index (χ0v) is 13.3. The van der Waals surface area contributed by atoms with Crippen LogP contribution >= 0.6 is 12.4 Å². The minimum absolute atomic E-state index is 0. The third-order valence-corrected chi connectivity index (χ3v) is 3.89. The summed E-state index contributed by atoms with van der Waals surface area (Å²) in [6, 6.07) is 0.363. The van der Waals surface area contributed by atoms with E-state index in [4.69, 9.17) is 4.74 Å². The number of carbonyl (C=O) groups is 1. The first kappa shape index (κ1) is 18.7. The summed E-state index contributed by atoms with van der Waals surface area (Å²) in [6.07, 6.45) is 4.00. The van der Waals surface area contributed by atoms with Crippen molar-refractivity contribution in [1.82, 2.24) is 10.2 Å². The highest BCUT2D eigenvalue weighted by atomic mass is 35.5. The van der Waals surface area contributed by atoms with Crippen molar-refractivity contribution < 1.29 is 9.53 Å². The highest BCUT2D eigenvalue weighted by molar-refractivity contribution is 5.85. The van der Waals surface area contributed by atoms with Crippen LogP contribution in [0.5, 0.6) is 0 Å². The molecule has 0 atom stereocenters. The average Bonchev–Trinajstić information content (AvgIpc) is 2.43. The number of amides is 1. The summed E-state index contributed by atoms with van der Waals surface area (Å²) in [4.78, 5) is 14.7. The molecule has 1 rings (SSSR count). The normalized spacial score (nSPS) is 16.2. The van der Waals surface area contributed by atoms with E-state index < -0.39 is 0 Å². The van der Waals surface area contributed by atoms with Gasteiger partial charge in [-0.15, -0.1) is 12.4 Å². The van der Waals surface area contributed by atoms with E-state index in [1.54, 1.807) is 7.11 Å². The van der Waals surface area contributed by atoms with E-state index in [1.807, 2.05) is 0 Å². The molecule has 1 aliphatic heterocycles. The van der Waals surface area contributed by atoms with Gasteiger partial charge in [0.05, 0.1) is 6.61 Å². The van der Waals surface area contributed by atoms with Crippen LogP contribution in [0.3, 0.4) is 0 Å². The Morgan fingerprint density at radius 2 is 1.89 bits per heavy atom. The lowest BCUT2D eigenvalue weighted by molar-refractivity contribution is -0.139. The van der Waals surface area contributed by atoms with Gasteiger partial charge in [-0.25, -0.2) is 0 Å². The number of piperidine rings is 1. The first-order valence-electron chi connectivity index (χ1n) is 7.24. The van der Waals surface area contributed by atoms with Crippen LogP contribution in [0.2, 0.25) is 0 Å². The molecule has 0 saturated carbocycles. The molecule has 0 radical (unpaired) electrons. The maximum atomic E-state index is 12.6. The standard InChI is InChI=1S/C14H28N2O2.ClH/c1-4-13(5-2)16(10-11-18-3)14(17)12-6-8-15-9-7-12;/h12-13,15H,4-11H2,1-3H3;1H. The van der Waals surface area contributed by atoms with Gasteiger partial charge in [-0.2, -0.15) is 0 Å². The first-order chi connectivity index (χ1) is 8.74. The van der Waals surface area contributed by atoms with Crippen molar-refractivity contribution in [3.8, 4) is 0 Å². The minimum atomic E-state index is 0. The molecular formula is C14H29ClN2O2. The predicted molar refractivity (Wildman–Crippen MR) is 80.8 cm³/mol. The highest BCUT2D eigenvalue weighted by Crippen LogP contribution is 2.19. The second kappa shape index (κ2) is 10.5. The van der Waals surface area contributed by atoms with Crippen molar-refractivity contribution in [3.63, 3.8) is 0 Å². The second-order valence-electron chi connectivity index (χ2n) is 5.02. The molecule has 1 fully saturated rings. The van der Waals surface area contributed by atoms with E-state index in [0.717, 1.165) is 45.3 Å². The molecule has 0 aromatic carbocycles. The summed E-state index contributed by atoms with van der Waals surface area (Å²) in [5.74, 6) is 0.547. The third-order valence-electron chi connectivity index (χ3n) is 3.89. The molecule has 0 aliphatic carbocycles. The first-order valence-corrected chi connectivity index (χ1v) is 7.24. The lowest BCUT2D eigenvalue weighted by Gasteiger charge is -2.34. The maximum absolute atomic E-state index is 12.6. The summed E-state index contributed by atoms with van der Waals surface area (Å²) < 4.78 is 5.14. The van der Waals surface area contributed by atoms with E-state index in [9.17, 15) is 4.79 Å². The lowest BCUT2D eigenvalue weighted by Crippen LogP contribution is -2.47. The van der Waals surface area contributed by atoms with Gasteiger partial charge in [-0.05, 0) is 38.8 Å². The number of ether oxygens (including phenoxy) is 1. The van der Waals surface area contributed by atoms with Crippen LogP contribution in [0.15, 0.2) is 0 Å². The molecule has 1 N–H and O–H groups in total. The Balaban J connectivity index is 0.00000324. The molecule has 1 aliphatic rings. The average molecular weight is 293 g/mol. The fourth-order valence-corrected chi connectivity index (χ4v) is 2.70. The predicted octanol–water partition coefficient (Wildman–Crippen LogP) is 2.07. The molecular weight excluding hydrogens is 264 g/mol. The second-order valence-corrected chi connectivity index (χ2v) is 5.02. The van der Waals surface area contributed by atoms with Crippen molar-refractivity contribution in [2.75, 3.05) is 33.4 Å². The molecule has 1 heterocycles. The summed E-state index contributed by atoms with van der Waals surface area (Å²) >= 11 is 0. The molecule has 19 heavy (non-hydrogen) atoms. The van der Waals surface area contributed by atoms with Crippen molar-refractivity contribution in [2.24, 2.45) is 5.92 Å². The Labute approximate surface area is 123 Å². The monoisotopic (exact) mass is 292 g/mol. The van der Waals surface area contributed by atoms with Crippen LogP contribution in [0.4, 0.5) is 0 Å². The number of methoxy groups -OCH3 is 1. The summed E-state index contributed by atoms with van der Waals surface area (Å²) in [6.45, 7) is 7.61. The Morgan fingerprint density at radius 3 is 2.37 bits per heavy atom.